The number of hydrogen-bond donors (Lipinski definition) is 1. The number of piperidine rings is 1. The molecule has 1 N–H and O–H groups in total. The fraction of sp³-hybridized carbons (Fsp3) is 0.316. The van der Waals surface area contributed by atoms with Crippen LogP contribution in [0.3, 0.4) is 0 Å². The highest BCUT2D eigenvalue weighted by Crippen LogP contribution is 2.26. The van der Waals surface area contributed by atoms with Crippen LogP contribution in [0.1, 0.15) is 18.4 Å². The fourth-order valence-electron chi connectivity index (χ4n) is 3.05. The van der Waals surface area contributed by atoms with Crippen molar-refractivity contribution in [3.63, 3.8) is 0 Å². The Labute approximate surface area is 164 Å². The second kappa shape index (κ2) is 8.29. The van der Waals surface area contributed by atoms with Crippen LogP contribution in [-0.2, 0) is 21.4 Å². The van der Waals surface area contributed by atoms with Gasteiger partial charge >= 0.3 is 0 Å². The molecule has 2 aromatic rings. The standard InChI is InChI=1S/C19H21ClN2O4S/c1-26-16-8-4-14(5-9-16)13-22(18-3-2-12-21-19(18)23)27(24,25)17-10-6-15(20)7-11-17/h4-11,18H,2-3,12-13H2,1H3,(H,21,23). The lowest BCUT2D eigenvalue weighted by Crippen LogP contribution is -2.52. The summed E-state index contributed by atoms with van der Waals surface area (Å²) in [5.74, 6) is 0.411. The van der Waals surface area contributed by atoms with Gasteiger partial charge in [-0.05, 0) is 54.8 Å². The van der Waals surface area contributed by atoms with Crippen molar-refractivity contribution in [2.24, 2.45) is 0 Å². The van der Waals surface area contributed by atoms with E-state index >= 15 is 0 Å². The van der Waals surface area contributed by atoms with Crippen molar-refractivity contribution in [3.8, 4) is 5.75 Å². The molecule has 144 valence electrons. The topological polar surface area (TPSA) is 75.7 Å². The van der Waals surface area contributed by atoms with E-state index in [9.17, 15) is 13.2 Å². The Morgan fingerprint density at radius 3 is 2.41 bits per heavy atom. The quantitative estimate of drug-likeness (QED) is 0.797. The molecule has 3 rings (SSSR count). The molecule has 0 spiro atoms. The molecule has 0 aliphatic carbocycles. The maximum Gasteiger partial charge on any atom is 0.244 e. The van der Waals surface area contributed by atoms with E-state index in [1.165, 1.54) is 28.6 Å². The van der Waals surface area contributed by atoms with Crippen LogP contribution in [0.15, 0.2) is 53.4 Å². The normalized spacial score (nSPS) is 17.6. The molecule has 1 amide bonds. The summed E-state index contributed by atoms with van der Waals surface area (Å²) in [4.78, 5) is 12.5. The van der Waals surface area contributed by atoms with Crippen LogP contribution in [0.4, 0.5) is 0 Å². The summed E-state index contributed by atoms with van der Waals surface area (Å²) < 4.78 is 33.0. The first kappa shape index (κ1) is 19.7. The molecule has 1 unspecified atom stereocenters. The molecule has 2 aromatic carbocycles. The van der Waals surface area contributed by atoms with E-state index in [1.54, 1.807) is 31.4 Å². The minimum atomic E-state index is -3.88. The molecule has 6 nitrogen and oxygen atoms in total. The molecule has 27 heavy (non-hydrogen) atoms. The summed E-state index contributed by atoms with van der Waals surface area (Å²) in [7, 11) is -2.31. The van der Waals surface area contributed by atoms with Gasteiger partial charge in [-0.15, -0.1) is 0 Å². The summed E-state index contributed by atoms with van der Waals surface area (Å²) >= 11 is 5.89. The first-order valence-electron chi connectivity index (χ1n) is 8.60. The number of benzene rings is 2. The van der Waals surface area contributed by atoms with Gasteiger partial charge in [0.15, 0.2) is 0 Å². The average molecular weight is 409 g/mol. The van der Waals surface area contributed by atoms with E-state index < -0.39 is 16.1 Å². The van der Waals surface area contributed by atoms with E-state index in [2.05, 4.69) is 5.32 Å². The minimum absolute atomic E-state index is 0.0903. The van der Waals surface area contributed by atoms with Crippen LogP contribution in [0.2, 0.25) is 5.02 Å². The number of sulfonamides is 1. The van der Waals surface area contributed by atoms with Crippen molar-refractivity contribution < 1.29 is 17.9 Å². The van der Waals surface area contributed by atoms with Gasteiger partial charge in [0.05, 0.1) is 12.0 Å². The van der Waals surface area contributed by atoms with Crippen LogP contribution in [0, 0.1) is 0 Å². The summed E-state index contributed by atoms with van der Waals surface area (Å²) in [5, 5.41) is 3.21. The monoisotopic (exact) mass is 408 g/mol. The van der Waals surface area contributed by atoms with Crippen LogP contribution in [0.5, 0.6) is 5.75 Å². The molecular formula is C19H21ClN2O4S. The Hall–Kier alpha value is -2.09. The number of carbonyl (C=O) groups is 1. The Kier molecular flexibility index (Phi) is 6.04. The molecule has 0 saturated carbocycles. The van der Waals surface area contributed by atoms with Crippen molar-refractivity contribution in [3.05, 3.63) is 59.1 Å². The summed E-state index contributed by atoms with van der Waals surface area (Å²) in [6.07, 6.45) is 1.21. The van der Waals surface area contributed by atoms with Gasteiger partial charge in [-0.3, -0.25) is 4.79 Å². The highest BCUT2D eigenvalue weighted by atomic mass is 35.5. The van der Waals surface area contributed by atoms with Gasteiger partial charge in [0.2, 0.25) is 15.9 Å². The molecule has 0 radical (unpaired) electrons. The maximum atomic E-state index is 13.3. The van der Waals surface area contributed by atoms with Crippen molar-refractivity contribution in [1.29, 1.82) is 0 Å². The molecular weight excluding hydrogens is 388 g/mol. The molecule has 1 atom stereocenters. The van der Waals surface area contributed by atoms with Crippen molar-refractivity contribution in [2.75, 3.05) is 13.7 Å². The first-order chi connectivity index (χ1) is 12.9. The van der Waals surface area contributed by atoms with Gasteiger partial charge in [-0.1, -0.05) is 23.7 Å². The third kappa shape index (κ3) is 4.43. The van der Waals surface area contributed by atoms with Crippen LogP contribution >= 0.6 is 11.6 Å². The number of nitrogens with zero attached hydrogens (tertiary/aromatic N) is 1. The van der Waals surface area contributed by atoms with Gasteiger partial charge in [0, 0.05) is 18.1 Å². The van der Waals surface area contributed by atoms with Gasteiger partial charge in [-0.2, -0.15) is 4.31 Å². The van der Waals surface area contributed by atoms with E-state index in [1.807, 2.05) is 0 Å². The summed E-state index contributed by atoms with van der Waals surface area (Å²) in [6.45, 7) is 0.653. The van der Waals surface area contributed by atoms with Crippen LogP contribution < -0.4 is 10.1 Å². The van der Waals surface area contributed by atoms with Gasteiger partial charge in [-0.25, -0.2) is 8.42 Å². The summed E-state index contributed by atoms with van der Waals surface area (Å²) in [5.41, 5.74) is 0.770. The highest BCUT2D eigenvalue weighted by Gasteiger charge is 2.37. The number of amides is 1. The van der Waals surface area contributed by atoms with E-state index in [4.69, 9.17) is 16.3 Å². The lowest BCUT2D eigenvalue weighted by molar-refractivity contribution is -0.126. The number of halogens is 1. The second-order valence-electron chi connectivity index (χ2n) is 6.30. The SMILES string of the molecule is COc1ccc(CN(C2CCCNC2=O)S(=O)(=O)c2ccc(Cl)cc2)cc1. The molecule has 1 heterocycles. The highest BCUT2D eigenvalue weighted by molar-refractivity contribution is 7.89. The third-order valence-corrected chi connectivity index (χ3v) is 6.64. The van der Waals surface area contributed by atoms with E-state index in [0.717, 1.165) is 12.0 Å². The lowest BCUT2D eigenvalue weighted by atomic mass is 10.1. The molecule has 8 heteroatoms. The first-order valence-corrected chi connectivity index (χ1v) is 10.4. The second-order valence-corrected chi connectivity index (χ2v) is 8.63. The Morgan fingerprint density at radius 2 is 1.81 bits per heavy atom. The average Bonchev–Trinajstić information content (AvgIpc) is 2.67. The van der Waals surface area contributed by atoms with Crippen molar-refractivity contribution >= 4 is 27.5 Å². The third-order valence-electron chi connectivity index (χ3n) is 4.52. The lowest BCUT2D eigenvalue weighted by Gasteiger charge is -2.32. The molecule has 1 saturated heterocycles. The predicted octanol–water partition coefficient (Wildman–Crippen LogP) is 2.82. The van der Waals surface area contributed by atoms with E-state index in [-0.39, 0.29) is 17.3 Å². The number of methoxy groups -OCH3 is 1. The zero-order chi connectivity index (χ0) is 19.4. The zero-order valence-electron chi connectivity index (χ0n) is 14.9. The number of rotatable bonds is 6. The maximum absolute atomic E-state index is 13.3. The number of ether oxygens (including phenoxy) is 1. The number of hydrogen-bond acceptors (Lipinski definition) is 4. The minimum Gasteiger partial charge on any atom is -0.497 e. The number of nitrogens with one attached hydrogen (secondary N) is 1. The molecule has 0 aromatic heterocycles. The van der Waals surface area contributed by atoms with Crippen LogP contribution in [0.25, 0.3) is 0 Å². The Morgan fingerprint density at radius 1 is 1.15 bits per heavy atom. The summed E-state index contributed by atoms with van der Waals surface area (Å²) in [6, 6.07) is 12.3. The largest absolute Gasteiger partial charge is 0.497 e. The van der Waals surface area contributed by atoms with Gasteiger partial charge in [0.1, 0.15) is 11.8 Å². The van der Waals surface area contributed by atoms with Gasteiger partial charge < -0.3 is 10.1 Å². The Bertz CT molecular complexity index is 898. The fourth-order valence-corrected chi connectivity index (χ4v) is 4.78. The number of carbonyl (C=O) groups excluding carboxylic acids is 1. The molecule has 1 aliphatic rings. The van der Waals surface area contributed by atoms with Crippen molar-refractivity contribution in [2.45, 2.75) is 30.3 Å². The smallest absolute Gasteiger partial charge is 0.244 e. The van der Waals surface area contributed by atoms with E-state index in [0.29, 0.717) is 23.7 Å². The molecule has 0 bridgehead atoms. The van der Waals surface area contributed by atoms with Crippen molar-refractivity contribution in [1.82, 2.24) is 9.62 Å². The van der Waals surface area contributed by atoms with Gasteiger partial charge in [0.25, 0.3) is 0 Å². The predicted molar refractivity (Wildman–Crippen MR) is 103 cm³/mol. The Balaban J connectivity index is 1.97. The molecule has 1 fully saturated rings. The zero-order valence-corrected chi connectivity index (χ0v) is 16.5. The van der Waals surface area contributed by atoms with Crippen LogP contribution in [-0.4, -0.2) is 38.3 Å². The molecule has 1 aliphatic heterocycles.